The van der Waals surface area contributed by atoms with Crippen molar-refractivity contribution in [1.82, 2.24) is 0 Å². The van der Waals surface area contributed by atoms with E-state index >= 15 is 0 Å². The number of rotatable bonds is 6. The Labute approximate surface area is 116 Å². The zero-order valence-electron chi connectivity index (χ0n) is 11.7. The van der Waals surface area contributed by atoms with E-state index < -0.39 is 0 Å². The van der Waals surface area contributed by atoms with E-state index in [0.717, 1.165) is 24.3 Å². The SMILES string of the molecule is CC(C)=CCC/C(C)=C/CCc1cccc(Cl)c1. The minimum absolute atomic E-state index is 0.830. The topological polar surface area (TPSA) is 0 Å². The third kappa shape index (κ3) is 6.66. The molecule has 18 heavy (non-hydrogen) atoms. The fourth-order valence-corrected chi connectivity index (χ4v) is 2.08. The molecule has 1 aromatic carbocycles. The van der Waals surface area contributed by atoms with Crippen molar-refractivity contribution >= 4 is 11.6 Å². The molecule has 0 bridgehead atoms. The second-order valence-electron chi connectivity index (χ2n) is 5.04. The zero-order chi connectivity index (χ0) is 13.4. The highest BCUT2D eigenvalue weighted by Gasteiger charge is 1.94. The van der Waals surface area contributed by atoms with Crippen LogP contribution in [0.15, 0.2) is 47.6 Å². The van der Waals surface area contributed by atoms with Crippen molar-refractivity contribution in [3.63, 3.8) is 0 Å². The van der Waals surface area contributed by atoms with E-state index in [-0.39, 0.29) is 0 Å². The first-order chi connectivity index (χ1) is 8.58. The quantitative estimate of drug-likeness (QED) is 0.555. The third-order valence-electron chi connectivity index (χ3n) is 2.91. The molecule has 0 aromatic heterocycles. The standard InChI is InChI=1S/C17H23Cl/c1-14(2)7-4-8-15(3)9-5-10-16-11-6-12-17(18)13-16/h6-7,9,11-13H,4-5,8,10H2,1-3H3/b15-9+. The molecule has 0 spiro atoms. The predicted octanol–water partition coefficient (Wildman–Crippen LogP) is 5.97. The summed E-state index contributed by atoms with van der Waals surface area (Å²) >= 11 is 5.96. The third-order valence-corrected chi connectivity index (χ3v) is 3.14. The van der Waals surface area contributed by atoms with Crippen LogP contribution in [0, 0.1) is 0 Å². The van der Waals surface area contributed by atoms with Crippen LogP contribution in [0.5, 0.6) is 0 Å². The number of hydrogen-bond donors (Lipinski definition) is 0. The molecular weight excluding hydrogens is 240 g/mol. The Morgan fingerprint density at radius 1 is 1.11 bits per heavy atom. The first kappa shape index (κ1) is 15.0. The van der Waals surface area contributed by atoms with Crippen molar-refractivity contribution in [3.8, 4) is 0 Å². The van der Waals surface area contributed by atoms with E-state index in [1.54, 1.807) is 0 Å². The van der Waals surface area contributed by atoms with Gasteiger partial charge in [0.05, 0.1) is 0 Å². The van der Waals surface area contributed by atoms with Crippen LogP contribution in [0.25, 0.3) is 0 Å². The number of halogens is 1. The van der Waals surface area contributed by atoms with Crippen molar-refractivity contribution in [2.24, 2.45) is 0 Å². The molecule has 0 atom stereocenters. The highest BCUT2D eigenvalue weighted by molar-refractivity contribution is 6.30. The van der Waals surface area contributed by atoms with Crippen molar-refractivity contribution in [1.29, 1.82) is 0 Å². The molecule has 98 valence electrons. The molecular formula is C17H23Cl. The molecule has 0 unspecified atom stereocenters. The summed E-state index contributed by atoms with van der Waals surface area (Å²) in [5, 5.41) is 0.830. The Bertz CT molecular complexity index is 423. The van der Waals surface area contributed by atoms with Gasteiger partial charge >= 0.3 is 0 Å². The molecule has 0 radical (unpaired) electrons. The Morgan fingerprint density at radius 3 is 2.56 bits per heavy atom. The summed E-state index contributed by atoms with van der Waals surface area (Å²) < 4.78 is 0. The maximum Gasteiger partial charge on any atom is 0.0408 e. The van der Waals surface area contributed by atoms with E-state index in [1.807, 2.05) is 18.2 Å². The summed E-state index contributed by atoms with van der Waals surface area (Å²) in [5.74, 6) is 0. The van der Waals surface area contributed by atoms with E-state index in [1.165, 1.54) is 23.1 Å². The summed E-state index contributed by atoms with van der Waals surface area (Å²) in [6.07, 6.45) is 9.14. The second-order valence-corrected chi connectivity index (χ2v) is 5.48. The second kappa shape index (κ2) is 8.16. The normalized spacial score (nSPS) is 11.4. The van der Waals surface area contributed by atoms with Crippen LogP contribution in [-0.4, -0.2) is 0 Å². The molecule has 1 heteroatoms. The summed E-state index contributed by atoms with van der Waals surface area (Å²) in [7, 11) is 0. The first-order valence-corrected chi connectivity index (χ1v) is 6.99. The Hall–Kier alpha value is -1.01. The van der Waals surface area contributed by atoms with Crippen molar-refractivity contribution in [2.45, 2.75) is 46.5 Å². The summed E-state index contributed by atoms with van der Waals surface area (Å²) in [6, 6.07) is 8.13. The van der Waals surface area contributed by atoms with E-state index in [2.05, 4.69) is 39.0 Å². The summed E-state index contributed by atoms with van der Waals surface area (Å²) in [5.41, 5.74) is 4.20. The highest BCUT2D eigenvalue weighted by Crippen LogP contribution is 2.14. The lowest BCUT2D eigenvalue weighted by molar-refractivity contribution is 0.926. The van der Waals surface area contributed by atoms with Gasteiger partial charge in [0.25, 0.3) is 0 Å². The Morgan fingerprint density at radius 2 is 1.89 bits per heavy atom. The fraction of sp³-hybridized carbons (Fsp3) is 0.412. The van der Waals surface area contributed by atoms with Crippen molar-refractivity contribution < 1.29 is 0 Å². The van der Waals surface area contributed by atoms with Crippen LogP contribution in [-0.2, 0) is 6.42 Å². The predicted molar refractivity (Wildman–Crippen MR) is 82.2 cm³/mol. The summed E-state index contributed by atoms with van der Waals surface area (Å²) in [4.78, 5) is 0. The minimum Gasteiger partial charge on any atom is -0.0856 e. The van der Waals surface area contributed by atoms with Gasteiger partial charge in [-0.3, -0.25) is 0 Å². The lowest BCUT2D eigenvalue weighted by Crippen LogP contribution is -1.84. The highest BCUT2D eigenvalue weighted by atomic mass is 35.5. The van der Waals surface area contributed by atoms with Crippen LogP contribution in [0.1, 0.15) is 45.6 Å². The molecule has 0 saturated carbocycles. The van der Waals surface area contributed by atoms with Gasteiger partial charge in [0.2, 0.25) is 0 Å². The van der Waals surface area contributed by atoms with Gasteiger partial charge in [-0.05, 0) is 64.2 Å². The van der Waals surface area contributed by atoms with E-state index in [0.29, 0.717) is 0 Å². The Kier molecular flexibility index (Phi) is 6.82. The van der Waals surface area contributed by atoms with Gasteiger partial charge in [0.1, 0.15) is 0 Å². The molecule has 0 heterocycles. The molecule has 1 rings (SSSR count). The maximum atomic E-state index is 5.96. The lowest BCUT2D eigenvalue weighted by atomic mass is 10.1. The van der Waals surface area contributed by atoms with Crippen LogP contribution in [0.3, 0.4) is 0 Å². The van der Waals surface area contributed by atoms with Gasteiger partial charge < -0.3 is 0 Å². The van der Waals surface area contributed by atoms with Gasteiger partial charge in [-0.25, -0.2) is 0 Å². The first-order valence-electron chi connectivity index (χ1n) is 6.61. The van der Waals surface area contributed by atoms with E-state index in [9.17, 15) is 0 Å². The molecule has 0 aliphatic carbocycles. The molecule has 0 aliphatic rings. The molecule has 0 N–H and O–H groups in total. The van der Waals surface area contributed by atoms with E-state index in [4.69, 9.17) is 11.6 Å². The largest absolute Gasteiger partial charge is 0.0856 e. The smallest absolute Gasteiger partial charge is 0.0408 e. The average Bonchev–Trinajstić information content (AvgIpc) is 2.28. The number of benzene rings is 1. The van der Waals surface area contributed by atoms with Crippen LogP contribution in [0.4, 0.5) is 0 Å². The van der Waals surface area contributed by atoms with Crippen molar-refractivity contribution in [3.05, 3.63) is 58.1 Å². The number of hydrogen-bond acceptors (Lipinski definition) is 0. The average molecular weight is 263 g/mol. The van der Waals surface area contributed by atoms with Gasteiger partial charge in [0, 0.05) is 5.02 Å². The molecule has 0 amide bonds. The summed E-state index contributed by atoms with van der Waals surface area (Å²) in [6.45, 7) is 6.52. The molecule has 0 saturated heterocycles. The van der Waals surface area contributed by atoms with Crippen molar-refractivity contribution in [2.75, 3.05) is 0 Å². The number of aryl methyl sites for hydroxylation is 1. The number of allylic oxidation sites excluding steroid dienone is 4. The Balaban J connectivity index is 2.33. The molecule has 0 fully saturated rings. The molecule has 0 nitrogen and oxygen atoms in total. The van der Waals surface area contributed by atoms with Crippen LogP contribution in [0.2, 0.25) is 5.02 Å². The zero-order valence-corrected chi connectivity index (χ0v) is 12.4. The minimum atomic E-state index is 0.830. The van der Waals surface area contributed by atoms with Gasteiger partial charge in [-0.15, -0.1) is 0 Å². The van der Waals surface area contributed by atoms with Gasteiger partial charge in [0.15, 0.2) is 0 Å². The fourth-order valence-electron chi connectivity index (χ4n) is 1.87. The van der Waals surface area contributed by atoms with Gasteiger partial charge in [-0.1, -0.05) is 47.0 Å². The lowest BCUT2D eigenvalue weighted by Gasteiger charge is -2.01. The molecule has 1 aromatic rings. The molecule has 0 aliphatic heterocycles. The monoisotopic (exact) mass is 262 g/mol. The van der Waals surface area contributed by atoms with Gasteiger partial charge in [-0.2, -0.15) is 0 Å². The van der Waals surface area contributed by atoms with Crippen LogP contribution < -0.4 is 0 Å². The maximum absolute atomic E-state index is 5.96. The van der Waals surface area contributed by atoms with Crippen LogP contribution >= 0.6 is 11.6 Å².